The molecule has 1 aromatic rings. The molecule has 0 atom stereocenters. The van der Waals surface area contributed by atoms with E-state index in [1.165, 1.54) is 6.20 Å². The topological polar surface area (TPSA) is 88.1 Å². The summed E-state index contributed by atoms with van der Waals surface area (Å²) in [5.74, 6) is 0.529. The Morgan fingerprint density at radius 1 is 1.50 bits per heavy atom. The number of hydrogen-bond acceptors (Lipinski definition) is 5. The van der Waals surface area contributed by atoms with Crippen LogP contribution in [0.3, 0.4) is 0 Å². The Balaban J connectivity index is 2.74. The Bertz CT molecular complexity index is 355. The van der Waals surface area contributed by atoms with Crippen molar-refractivity contribution in [1.82, 2.24) is 9.97 Å². The van der Waals surface area contributed by atoms with Crippen molar-refractivity contribution in [2.24, 2.45) is 5.73 Å². The SMILES string of the molecule is CCOCCN(C)c1nccnc1C(=N)N. The largest absolute Gasteiger partial charge is 0.382 e. The second-order valence-electron chi connectivity index (χ2n) is 3.26. The number of nitrogen functional groups attached to an aromatic ring is 1. The molecule has 0 spiro atoms. The molecule has 0 aromatic carbocycles. The second kappa shape index (κ2) is 6.02. The Hall–Kier alpha value is -1.69. The molecule has 0 fully saturated rings. The standard InChI is InChI=1S/C10H17N5O/c1-3-16-7-6-15(2)10-8(9(11)12)13-4-5-14-10/h4-5H,3,6-7H2,1-2H3,(H3,11,12). The van der Waals surface area contributed by atoms with Gasteiger partial charge in [-0.1, -0.05) is 0 Å². The lowest BCUT2D eigenvalue weighted by Crippen LogP contribution is -2.27. The van der Waals surface area contributed by atoms with Gasteiger partial charge in [0.05, 0.1) is 6.61 Å². The molecule has 3 N–H and O–H groups in total. The zero-order valence-electron chi connectivity index (χ0n) is 9.60. The minimum absolute atomic E-state index is 0.0774. The van der Waals surface area contributed by atoms with Gasteiger partial charge in [0, 0.05) is 32.6 Å². The van der Waals surface area contributed by atoms with Crippen LogP contribution in [0.5, 0.6) is 0 Å². The number of nitrogens with zero attached hydrogens (tertiary/aromatic N) is 3. The number of nitrogens with one attached hydrogen (secondary N) is 1. The lowest BCUT2D eigenvalue weighted by atomic mass is 10.3. The van der Waals surface area contributed by atoms with E-state index in [-0.39, 0.29) is 5.84 Å². The van der Waals surface area contributed by atoms with Gasteiger partial charge in [0.15, 0.2) is 5.82 Å². The smallest absolute Gasteiger partial charge is 0.158 e. The molecule has 6 heteroatoms. The number of hydrogen-bond donors (Lipinski definition) is 2. The van der Waals surface area contributed by atoms with Gasteiger partial charge >= 0.3 is 0 Å². The summed E-state index contributed by atoms with van der Waals surface area (Å²) in [6.45, 7) is 3.94. The van der Waals surface area contributed by atoms with E-state index in [9.17, 15) is 0 Å². The van der Waals surface area contributed by atoms with Gasteiger partial charge in [-0.2, -0.15) is 0 Å². The van der Waals surface area contributed by atoms with Crippen LogP contribution in [0.25, 0.3) is 0 Å². The third kappa shape index (κ3) is 3.16. The lowest BCUT2D eigenvalue weighted by molar-refractivity contribution is 0.154. The van der Waals surface area contributed by atoms with Gasteiger partial charge < -0.3 is 15.4 Å². The number of ether oxygens (including phenoxy) is 1. The van der Waals surface area contributed by atoms with Crippen molar-refractivity contribution >= 4 is 11.7 Å². The average molecular weight is 223 g/mol. The minimum atomic E-state index is -0.0774. The molecule has 0 bridgehead atoms. The maximum Gasteiger partial charge on any atom is 0.158 e. The average Bonchev–Trinajstić information content (AvgIpc) is 2.29. The predicted molar refractivity (Wildman–Crippen MR) is 62.8 cm³/mol. The highest BCUT2D eigenvalue weighted by atomic mass is 16.5. The Kier molecular flexibility index (Phi) is 4.65. The van der Waals surface area contributed by atoms with Crippen LogP contribution in [0.4, 0.5) is 5.82 Å². The van der Waals surface area contributed by atoms with Crippen LogP contribution >= 0.6 is 0 Å². The Morgan fingerprint density at radius 2 is 2.19 bits per heavy atom. The number of anilines is 1. The molecule has 0 radical (unpaired) electrons. The first-order valence-electron chi connectivity index (χ1n) is 5.11. The molecule has 88 valence electrons. The number of likely N-dealkylation sites (N-methyl/N-ethyl adjacent to an activating group) is 1. The first kappa shape index (κ1) is 12.4. The third-order valence-corrected chi connectivity index (χ3v) is 2.07. The molecular weight excluding hydrogens is 206 g/mol. The molecule has 0 saturated heterocycles. The molecule has 16 heavy (non-hydrogen) atoms. The molecule has 0 aliphatic rings. The lowest BCUT2D eigenvalue weighted by Gasteiger charge is -2.19. The fourth-order valence-electron chi connectivity index (χ4n) is 1.25. The highest BCUT2D eigenvalue weighted by Gasteiger charge is 2.11. The summed E-state index contributed by atoms with van der Waals surface area (Å²) < 4.78 is 5.25. The summed E-state index contributed by atoms with van der Waals surface area (Å²) in [6.07, 6.45) is 3.11. The zero-order valence-corrected chi connectivity index (χ0v) is 9.60. The quantitative estimate of drug-likeness (QED) is 0.409. The summed E-state index contributed by atoms with van der Waals surface area (Å²) in [7, 11) is 1.87. The molecule has 1 rings (SSSR count). The van der Waals surface area contributed by atoms with Gasteiger partial charge in [-0.05, 0) is 6.92 Å². The first-order valence-corrected chi connectivity index (χ1v) is 5.11. The number of rotatable bonds is 6. The van der Waals surface area contributed by atoms with Gasteiger partial charge in [-0.15, -0.1) is 0 Å². The third-order valence-electron chi connectivity index (χ3n) is 2.07. The molecule has 0 unspecified atom stereocenters. The van der Waals surface area contributed by atoms with E-state index in [0.29, 0.717) is 31.3 Å². The molecule has 0 aliphatic carbocycles. The van der Waals surface area contributed by atoms with Gasteiger partial charge in [0.1, 0.15) is 11.5 Å². The van der Waals surface area contributed by atoms with Crippen molar-refractivity contribution < 1.29 is 4.74 Å². The van der Waals surface area contributed by atoms with Crippen LogP contribution in [-0.2, 0) is 4.74 Å². The van der Waals surface area contributed by atoms with Gasteiger partial charge in [-0.3, -0.25) is 5.41 Å². The van der Waals surface area contributed by atoms with E-state index < -0.39 is 0 Å². The first-order chi connectivity index (χ1) is 7.66. The van der Waals surface area contributed by atoms with Crippen molar-refractivity contribution in [1.29, 1.82) is 5.41 Å². The molecule has 1 heterocycles. The van der Waals surface area contributed by atoms with Gasteiger partial charge in [0.25, 0.3) is 0 Å². The van der Waals surface area contributed by atoms with Crippen molar-refractivity contribution in [2.75, 3.05) is 31.7 Å². The fraction of sp³-hybridized carbons (Fsp3) is 0.500. The molecule has 1 aromatic heterocycles. The summed E-state index contributed by atoms with van der Waals surface area (Å²) >= 11 is 0. The summed E-state index contributed by atoms with van der Waals surface area (Å²) in [5, 5.41) is 7.40. The predicted octanol–water partition coefficient (Wildman–Crippen LogP) is 0.233. The monoisotopic (exact) mass is 223 g/mol. The van der Waals surface area contributed by atoms with Crippen molar-refractivity contribution in [3.8, 4) is 0 Å². The van der Waals surface area contributed by atoms with Crippen LogP contribution in [0.1, 0.15) is 12.6 Å². The van der Waals surface area contributed by atoms with Crippen molar-refractivity contribution in [2.45, 2.75) is 6.92 Å². The van der Waals surface area contributed by atoms with Crippen LogP contribution in [0, 0.1) is 5.41 Å². The van der Waals surface area contributed by atoms with Crippen LogP contribution in [-0.4, -0.2) is 42.6 Å². The van der Waals surface area contributed by atoms with Crippen LogP contribution in [0.15, 0.2) is 12.4 Å². The molecule has 0 amide bonds. The zero-order chi connectivity index (χ0) is 12.0. The highest BCUT2D eigenvalue weighted by Crippen LogP contribution is 2.11. The maximum atomic E-state index is 7.40. The molecule has 0 aliphatic heterocycles. The molecule has 0 saturated carbocycles. The summed E-state index contributed by atoms with van der Waals surface area (Å²) in [6, 6.07) is 0. The van der Waals surface area contributed by atoms with E-state index in [4.69, 9.17) is 15.9 Å². The summed E-state index contributed by atoms with van der Waals surface area (Å²) in [4.78, 5) is 10.1. The number of amidine groups is 1. The minimum Gasteiger partial charge on any atom is -0.382 e. The normalized spacial score (nSPS) is 10.1. The van der Waals surface area contributed by atoms with Crippen LogP contribution < -0.4 is 10.6 Å². The van der Waals surface area contributed by atoms with Gasteiger partial charge in [-0.25, -0.2) is 9.97 Å². The molecular formula is C10H17N5O. The van der Waals surface area contributed by atoms with E-state index in [1.54, 1.807) is 6.20 Å². The van der Waals surface area contributed by atoms with E-state index >= 15 is 0 Å². The van der Waals surface area contributed by atoms with E-state index in [2.05, 4.69) is 9.97 Å². The van der Waals surface area contributed by atoms with E-state index in [1.807, 2.05) is 18.9 Å². The summed E-state index contributed by atoms with van der Waals surface area (Å²) in [5.41, 5.74) is 5.83. The highest BCUT2D eigenvalue weighted by molar-refractivity contribution is 5.97. The Labute approximate surface area is 95.0 Å². The molecule has 6 nitrogen and oxygen atoms in total. The maximum absolute atomic E-state index is 7.40. The number of aromatic nitrogens is 2. The van der Waals surface area contributed by atoms with Crippen LogP contribution in [0.2, 0.25) is 0 Å². The second-order valence-corrected chi connectivity index (χ2v) is 3.26. The number of nitrogens with two attached hydrogens (primary N) is 1. The van der Waals surface area contributed by atoms with E-state index in [0.717, 1.165) is 0 Å². The van der Waals surface area contributed by atoms with Crippen molar-refractivity contribution in [3.05, 3.63) is 18.1 Å². The van der Waals surface area contributed by atoms with Crippen molar-refractivity contribution in [3.63, 3.8) is 0 Å². The van der Waals surface area contributed by atoms with Gasteiger partial charge in [0.2, 0.25) is 0 Å². The fourth-order valence-corrected chi connectivity index (χ4v) is 1.25. The Morgan fingerprint density at radius 3 is 2.81 bits per heavy atom.